The zero-order valence-corrected chi connectivity index (χ0v) is 9.18. The van der Waals surface area contributed by atoms with Gasteiger partial charge in [-0.15, -0.1) is 11.3 Å². The van der Waals surface area contributed by atoms with E-state index in [0.717, 1.165) is 31.6 Å². The number of aromatic nitrogens is 1. The van der Waals surface area contributed by atoms with E-state index in [4.69, 9.17) is 0 Å². The predicted molar refractivity (Wildman–Crippen MR) is 57.3 cm³/mol. The van der Waals surface area contributed by atoms with E-state index in [-0.39, 0.29) is 0 Å². The van der Waals surface area contributed by atoms with E-state index in [0.29, 0.717) is 5.92 Å². The lowest BCUT2D eigenvalue weighted by Crippen LogP contribution is -2.48. The van der Waals surface area contributed by atoms with Crippen LogP contribution in [-0.4, -0.2) is 23.2 Å². The van der Waals surface area contributed by atoms with E-state index in [1.165, 1.54) is 0 Å². The van der Waals surface area contributed by atoms with Crippen molar-refractivity contribution in [2.75, 3.05) is 13.1 Å². The number of aliphatic hydroxyl groups is 1. The highest BCUT2D eigenvalue weighted by Crippen LogP contribution is 2.36. The highest BCUT2D eigenvalue weighted by atomic mass is 32.1. The van der Waals surface area contributed by atoms with Gasteiger partial charge in [-0.3, -0.25) is 0 Å². The van der Waals surface area contributed by atoms with Crippen molar-refractivity contribution in [1.29, 1.82) is 0 Å². The van der Waals surface area contributed by atoms with Crippen LogP contribution in [0.3, 0.4) is 0 Å². The topological polar surface area (TPSA) is 45.1 Å². The second-order valence-corrected chi connectivity index (χ2v) is 4.58. The molecule has 1 aliphatic heterocycles. The molecule has 2 atom stereocenters. The predicted octanol–water partition coefficient (Wildman–Crippen LogP) is 1.35. The standard InChI is InChI=1S/C10H16N2OS/c1-2-8-5-11-4-3-10(8,13)9-6-14-7-12-9/h6-8,11,13H,2-5H2,1H3. The van der Waals surface area contributed by atoms with Crippen LogP contribution in [0.15, 0.2) is 10.9 Å². The maximum atomic E-state index is 10.6. The quantitative estimate of drug-likeness (QED) is 0.778. The molecule has 3 nitrogen and oxygen atoms in total. The molecular formula is C10H16N2OS. The summed E-state index contributed by atoms with van der Waals surface area (Å²) in [5.74, 6) is 0.290. The van der Waals surface area contributed by atoms with Gasteiger partial charge in [-0.1, -0.05) is 6.92 Å². The molecule has 78 valence electrons. The van der Waals surface area contributed by atoms with Crippen LogP contribution in [0.2, 0.25) is 0 Å². The molecule has 1 aromatic heterocycles. The lowest BCUT2D eigenvalue weighted by atomic mass is 9.78. The summed E-state index contributed by atoms with van der Waals surface area (Å²) in [6.45, 7) is 3.89. The van der Waals surface area contributed by atoms with E-state index in [9.17, 15) is 5.11 Å². The van der Waals surface area contributed by atoms with Crippen molar-refractivity contribution < 1.29 is 5.11 Å². The Kier molecular flexibility index (Phi) is 2.85. The molecule has 1 fully saturated rings. The molecule has 2 unspecified atom stereocenters. The maximum Gasteiger partial charge on any atom is 0.113 e. The number of rotatable bonds is 2. The van der Waals surface area contributed by atoms with Crippen molar-refractivity contribution in [3.05, 3.63) is 16.6 Å². The van der Waals surface area contributed by atoms with E-state index in [1.54, 1.807) is 16.8 Å². The minimum atomic E-state index is -0.694. The molecule has 0 amide bonds. The summed E-state index contributed by atoms with van der Waals surface area (Å²) in [4.78, 5) is 4.25. The van der Waals surface area contributed by atoms with E-state index in [2.05, 4.69) is 17.2 Å². The molecule has 4 heteroatoms. The van der Waals surface area contributed by atoms with E-state index >= 15 is 0 Å². The first-order chi connectivity index (χ1) is 6.77. The Morgan fingerprint density at radius 2 is 2.64 bits per heavy atom. The zero-order chi connectivity index (χ0) is 10.0. The Morgan fingerprint density at radius 1 is 1.79 bits per heavy atom. The van der Waals surface area contributed by atoms with Crippen molar-refractivity contribution in [3.63, 3.8) is 0 Å². The molecule has 0 aliphatic carbocycles. The van der Waals surface area contributed by atoms with Crippen LogP contribution in [-0.2, 0) is 5.60 Å². The minimum Gasteiger partial charge on any atom is -0.383 e. The average molecular weight is 212 g/mol. The van der Waals surface area contributed by atoms with Gasteiger partial charge >= 0.3 is 0 Å². The van der Waals surface area contributed by atoms with Gasteiger partial charge in [0.25, 0.3) is 0 Å². The first kappa shape index (κ1) is 10.1. The number of thiazole rings is 1. The molecule has 0 spiro atoms. The molecule has 2 rings (SSSR count). The minimum absolute atomic E-state index is 0.290. The molecule has 2 N–H and O–H groups in total. The highest BCUT2D eigenvalue weighted by Gasteiger charge is 2.40. The molecule has 1 aromatic rings. The van der Waals surface area contributed by atoms with Crippen LogP contribution in [0.1, 0.15) is 25.5 Å². The van der Waals surface area contributed by atoms with Crippen molar-refractivity contribution >= 4 is 11.3 Å². The van der Waals surface area contributed by atoms with Gasteiger partial charge < -0.3 is 10.4 Å². The molecule has 0 bridgehead atoms. The Hall–Kier alpha value is -0.450. The van der Waals surface area contributed by atoms with Crippen LogP contribution in [0.5, 0.6) is 0 Å². The molecular weight excluding hydrogens is 196 g/mol. The normalized spacial score (nSPS) is 33.1. The van der Waals surface area contributed by atoms with Crippen LogP contribution >= 0.6 is 11.3 Å². The fourth-order valence-electron chi connectivity index (χ4n) is 2.17. The molecule has 0 radical (unpaired) electrons. The molecule has 0 saturated carbocycles. The molecule has 1 aliphatic rings. The van der Waals surface area contributed by atoms with Gasteiger partial charge in [-0.2, -0.15) is 0 Å². The smallest absolute Gasteiger partial charge is 0.113 e. The van der Waals surface area contributed by atoms with Gasteiger partial charge in [-0.05, 0) is 19.4 Å². The molecule has 0 aromatic carbocycles. The first-order valence-corrected chi connectivity index (χ1v) is 6.03. The Labute approximate surface area is 88.2 Å². The maximum absolute atomic E-state index is 10.6. The first-order valence-electron chi connectivity index (χ1n) is 5.09. The van der Waals surface area contributed by atoms with Gasteiger partial charge in [0.2, 0.25) is 0 Å². The van der Waals surface area contributed by atoms with Crippen molar-refractivity contribution in [2.45, 2.75) is 25.4 Å². The number of hydrogen-bond donors (Lipinski definition) is 2. The monoisotopic (exact) mass is 212 g/mol. The van der Waals surface area contributed by atoms with Gasteiger partial charge in [0, 0.05) is 17.8 Å². The second-order valence-electron chi connectivity index (χ2n) is 3.86. The largest absolute Gasteiger partial charge is 0.383 e. The van der Waals surface area contributed by atoms with Crippen LogP contribution < -0.4 is 5.32 Å². The summed E-state index contributed by atoms with van der Waals surface area (Å²) in [7, 11) is 0. The van der Waals surface area contributed by atoms with Crippen LogP contribution in [0.4, 0.5) is 0 Å². The zero-order valence-electron chi connectivity index (χ0n) is 8.36. The number of nitrogens with zero attached hydrogens (tertiary/aromatic N) is 1. The fraction of sp³-hybridized carbons (Fsp3) is 0.700. The van der Waals surface area contributed by atoms with Gasteiger partial charge in [-0.25, -0.2) is 4.98 Å². The van der Waals surface area contributed by atoms with Crippen molar-refractivity contribution in [2.24, 2.45) is 5.92 Å². The van der Waals surface area contributed by atoms with Gasteiger partial charge in [0.15, 0.2) is 0 Å². The van der Waals surface area contributed by atoms with Crippen molar-refractivity contribution in [1.82, 2.24) is 10.3 Å². The molecule has 2 heterocycles. The lowest BCUT2D eigenvalue weighted by Gasteiger charge is -2.38. The van der Waals surface area contributed by atoms with Crippen LogP contribution in [0, 0.1) is 5.92 Å². The summed E-state index contributed by atoms with van der Waals surface area (Å²) in [5, 5.41) is 15.9. The third-order valence-corrected chi connectivity index (χ3v) is 3.70. The molecule has 1 saturated heterocycles. The number of nitrogens with one attached hydrogen (secondary N) is 1. The summed E-state index contributed by atoms with van der Waals surface area (Å²) in [5.41, 5.74) is 1.96. The SMILES string of the molecule is CCC1CNCCC1(O)c1cscn1. The van der Waals surface area contributed by atoms with Crippen LogP contribution in [0.25, 0.3) is 0 Å². The van der Waals surface area contributed by atoms with Gasteiger partial charge in [0.1, 0.15) is 5.60 Å². The summed E-state index contributed by atoms with van der Waals surface area (Å²) in [6.07, 6.45) is 1.76. The Bertz CT molecular complexity index is 288. The van der Waals surface area contributed by atoms with E-state index in [1.807, 2.05) is 5.38 Å². The summed E-state index contributed by atoms with van der Waals surface area (Å²) >= 11 is 1.55. The number of hydrogen-bond acceptors (Lipinski definition) is 4. The van der Waals surface area contributed by atoms with Crippen molar-refractivity contribution in [3.8, 4) is 0 Å². The molecule has 14 heavy (non-hydrogen) atoms. The average Bonchev–Trinajstić information content (AvgIpc) is 2.72. The highest BCUT2D eigenvalue weighted by molar-refractivity contribution is 7.07. The van der Waals surface area contributed by atoms with Gasteiger partial charge in [0.05, 0.1) is 11.2 Å². The summed E-state index contributed by atoms with van der Waals surface area (Å²) in [6, 6.07) is 0. The Morgan fingerprint density at radius 3 is 3.29 bits per heavy atom. The second kappa shape index (κ2) is 3.96. The summed E-state index contributed by atoms with van der Waals surface area (Å²) < 4.78 is 0. The van der Waals surface area contributed by atoms with E-state index < -0.39 is 5.60 Å². The Balaban J connectivity index is 2.27. The fourth-order valence-corrected chi connectivity index (χ4v) is 2.80. The third-order valence-electron chi connectivity index (χ3n) is 3.12. The number of piperidine rings is 1. The lowest BCUT2D eigenvalue weighted by molar-refractivity contribution is -0.0509. The third kappa shape index (κ3) is 1.58.